The van der Waals surface area contributed by atoms with Gasteiger partial charge in [0.1, 0.15) is 6.04 Å². The number of nitrogens with zero attached hydrogens (tertiary/aromatic N) is 4. The molecule has 0 bridgehead atoms. The Morgan fingerprint density at radius 3 is 2.53 bits per heavy atom. The molecule has 8 heteroatoms. The molecule has 1 aromatic carbocycles. The molecule has 1 aliphatic carbocycles. The number of ketones is 1. The van der Waals surface area contributed by atoms with E-state index in [-0.39, 0.29) is 17.7 Å². The summed E-state index contributed by atoms with van der Waals surface area (Å²) in [5.74, 6) is 0.531. The van der Waals surface area contributed by atoms with E-state index in [0.29, 0.717) is 18.1 Å². The van der Waals surface area contributed by atoms with Crippen LogP contribution in [0.15, 0.2) is 40.0 Å². The monoisotopic (exact) mass is 458 g/mol. The Kier molecular flexibility index (Phi) is 9.74. The Bertz CT molecular complexity index is 835. The maximum absolute atomic E-state index is 13.5. The molecule has 32 heavy (non-hydrogen) atoms. The molecular weight excluding hydrogens is 424 g/mol. The average Bonchev–Trinajstić information content (AvgIpc) is 3.10. The quantitative estimate of drug-likeness (QED) is 0.205. The van der Waals surface area contributed by atoms with Crippen molar-refractivity contribution in [2.24, 2.45) is 0 Å². The molecular formula is C24H34N4O3S. The topological polar surface area (TPSA) is 79.5 Å². The predicted octanol–water partition coefficient (Wildman–Crippen LogP) is 4.09. The molecule has 1 aromatic heterocycles. The molecule has 2 aromatic rings. The molecule has 0 spiro atoms. The number of Topliss-reactive ketones (excluding diaryl/α,β-unsaturated/α-hetero) is 1. The van der Waals surface area contributed by atoms with Crippen LogP contribution in [0.2, 0.25) is 0 Å². The second-order valence-electron chi connectivity index (χ2n) is 8.63. The molecule has 0 radical (unpaired) electrons. The summed E-state index contributed by atoms with van der Waals surface area (Å²) >= 11 is 1.44. The maximum Gasteiger partial charge on any atom is 0.286 e. The summed E-state index contributed by atoms with van der Waals surface area (Å²) in [7, 11) is 4.00. The van der Waals surface area contributed by atoms with E-state index in [2.05, 4.69) is 15.1 Å². The zero-order chi connectivity index (χ0) is 22.8. The normalized spacial score (nSPS) is 16.0. The predicted molar refractivity (Wildman–Crippen MR) is 126 cm³/mol. The number of aromatic nitrogens is 2. The summed E-state index contributed by atoms with van der Waals surface area (Å²) in [6, 6.07) is 9.53. The number of rotatable bonds is 12. The summed E-state index contributed by atoms with van der Waals surface area (Å²) in [4.78, 5) is 29.5. The Morgan fingerprint density at radius 2 is 1.88 bits per heavy atom. The molecule has 1 aliphatic rings. The van der Waals surface area contributed by atoms with Crippen LogP contribution in [0, 0.1) is 0 Å². The minimum absolute atomic E-state index is 0.00381. The smallest absolute Gasteiger partial charge is 0.286 e. The van der Waals surface area contributed by atoms with Gasteiger partial charge >= 0.3 is 0 Å². The Morgan fingerprint density at radius 1 is 1.16 bits per heavy atom. The fourth-order valence-corrected chi connectivity index (χ4v) is 5.03. The van der Waals surface area contributed by atoms with Gasteiger partial charge in [-0.2, -0.15) is 0 Å². The standard InChI is InChI=1S/C24H34N4O3S/c1-27(2)16-17-32-24-26-25-23(31-24)22(30)21(15-14-19-10-6-5-7-11-19)28(18-29)20-12-8-3-4-9-13-20/h5-7,10-11,18,20-21H,3-4,8-9,12-17H2,1-2H3. The van der Waals surface area contributed by atoms with Gasteiger partial charge in [0, 0.05) is 18.3 Å². The van der Waals surface area contributed by atoms with E-state index in [1.807, 2.05) is 44.4 Å². The molecule has 0 N–H and O–H groups in total. The van der Waals surface area contributed by atoms with Crippen LogP contribution in [0.25, 0.3) is 0 Å². The number of thioether (sulfide) groups is 1. The fourth-order valence-electron chi connectivity index (χ4n) is 4.16. The second-order valence-corrected chi connectivity index (χ2v) is 9.67. The third-order valence-corrected chi connectivity index (χ3v) is 6.76. The van der Waals surface area contributed by atoms with Crippen LogP contribution in [0.5, 0.6) is 0 Å². The molecule has 1 amide bonds. The first-order valence-corrected chi connectivity index (χ1v) is 12.5. The Labute approximate surface area is 194 Å². The number of benzene rings is 1. The van der Waals surface area contributed by atoms with Crippen LogP contribution >= 0.6 is 11.8 Å². The molecule has 1 saturated carbocycles. The van der Waals surface area contributed by atoms with Crippen molar-refractivity contribution in [3.8, 4) is 0 Å². The van der Waals surface area contributed by atoms with E-state index in [0.717, 1.165) is 50.0 Å². The number of amides is 1. The van der Waals surface area contributed by atoms with Gasteiger partial charge in [-0.3, -0.25) is 9.59 Å². The highest BCUT2D eigenvalue weighted by atomic mass is 32.2. The van der Waals surface area contributed by atoms with Crippen molar-refractivity contribution in [3.63, 3.8) is 0 Å². The molecule has 1 fully saturated rings. The number of hydrogen-bond donors (Lipinski definition) is 0. The van der Waals surface area contributed by atoms with Gasteiger partial charge < -0.3 is 14.2 Å². The lowest BCUT2D eigenvalue weighted by molar-refractivity contribution is -0.122. The summed E-state index contributed by atoms with van der Waals surface area (Å²) in [5, 5.41) is 8.47. The zero-order valence-corrected chi connectivity index (χ0v) is 19.9. The van der Waals surface area contributed by atoms with Gasteiger partial charge in [-0.05, 0) is 45.3 Å². The van der Waals surface area contributed by atoms with Crippen LogP contribution in [-0.2, 0) is 11.2 Å². The van der Waals surface area contributed by atoms with Crippen molar-refractivity contribution in [1.29, 1.82) is 0 Å². The minimum atomic E-state index is -0.601. The second kappa shape index (κ2) is 12.7. The zero-order valence-electron chi connectivity index (χ0n) is 19.1. The number of aryl methyl sites for hydroxylation is 1. The van der Waals surface area contributed by atoms with Gasteiger partial charge in [0.25, 0.3) is 11.1 Å². The molecule has 1 heterocycles. The summed E-state index contributed by atoms with van der Waals surface area (Å²) in [5.41, 5.74) is 1.14. The van der Waals surface area contributed by atoms with Crippen molar-refractivity contribution < 1.29 is 14.0 Å². The lowest BCUT2D eigenvalue weighted by atomic mass is 9.97. The Hall–Kier alpha value is -2.19. The largest absolute Gasteiger partial charge is 0.408 e. The van der Waals surface area contributed by atoms with E-state index >= 15 is 0 Å². The lowest BCUT2D eigenvalue weighted by Gasteiger charge is -2.33. The first-order chi connectivity index (χ1) is 15.6. The Balaban J connectivity index is 1.76. The SMILES string of the molecule is CN(C)CCSc1nnc(C(=O)C(CCc2ccccc2)N(C=O)C2CCCCCC2)o1. The highest BCUT2D eigenvalue weighted by Gasteiger charge is 2.34. The van der Waals surface area contributed by atoms with E-state index in [4.69, 9.17) is 4.42 Å². The fraction of sp³-hybridized carbons (Fsp3) is 0.583. The molecule has 0 aliphatic heterocycles. The summed E-state index contributed by atoms with van der Waals surface area (Å²) < 4.78 is 5.70. The number of carbonyl (C=O) groups is 2. The van der Waals surface area contributed by atoms with Crippen LogP contribution in [0.1, 0.15) is 61.2 Å². The van der Waals surface area contributed by atoms with Crippen LogP contribution < -0.4 is 0 Å². The molecule has 7 nitrogen and oxygen atoms in total. The third kappa shape index (κ3) is 7.17. The maximum atomic E-state index is 13.5. The highest BCUT2D eigenvalue weighted by Crippen LogP contribution is 2.26. The number of hydrogen-bond acceptors (Lipinski definition) is 7. The van der Waals surface area contributed by atoms with Crippen LogP contribution in [0.4, 0.5) is 0 Å². The highest BCUT2D eigenvalue weighted by molar-refractivity contribution is 7.99. The summed E-state index contributed by atoms with van der Waals surface area (Å²) in [6.45, 7) is 0.872. The molecule has 174 valence electrons. The van der Waals surface area contributed by atoms with Crippen LogP contribution in [-0.4, -0.2) is 70.7 Å². The van der Waals surface area contributed by atoms with Gasteiger partial charge in [0.15, 0.2) is 0 Å². The van der Waals surface area contributed by atoms with E-state index in [9.17, 15) is 9.59 Å². The van der Waals surface area contributed by atoms with E-state index in [1.165, 1.54) is 24.6 Å². The van der Waals surface area contributed by atoms with Gasteiger partial charge in [0.2, 0.25) is 12.2 Å². The van der Waals surface area contributed by atoms with E-state index < -0.39 is 6.04 Å². The van der Waals surface area contributed by atoms with Crippen molar-refractivity contribution in [2.75, 3.05) is 26.4 Å². The minimum Gasteiger partial charge on any atom is -0.408 e. The van der Waals surface area contributed by atoms with E-state index in [1.54, 1.807) is 4.90 Å². The molecule has 1 atom stereocenters. The first kappa shape index (κ1) is 24.5. The first-order valence-electron chi connectivity index (χ1n) is 11.5. The van der Waals surface area contributed by atoms with Crippen molar-refractivity contribution in [1.82, 2.24) is 20.0 Å². The van der Waals surface area contributed by atoms with Gasteiger partial charge in [0.05, 0.1) is 0 Å². The number of carbonyl (C=O) groups excluding carboxylic acids is 2. The lowest BCUT2D eigenvalue weighted by Crippen LogP contribution is -2.47. The summed E-state index contributed by atoms with van der Waals surface area (Å²) in [6.07, 6.45) is 8.49. The van der Waals surface area contributed by atoms with Gasteiger partial charge in [-0.25, -0.2) is 0 Å². The van der Waals surface area contributed by atoms with Crippen molar-refractivity contribution in [2.45, 2.75) is 68.7 Å². The molecule has 3 rings (SSSR count). The average molecular weight is 459 g/mol. The van der Waals surface area contributed by atoms with Gasteiger partial charge in [-0.15, -0.1) is 10.2 Å². The molecule has 0 saturated heterocycles. The molecule has 1 unspecified atom stereocenters. The van der Waals surface area contributed by atoms with Crippen LogP contribution in [0.3, 0.4) is 0 Å². The van der Waals surface area contributed by atoms with Crippen molar-refractivity contribution >= 4 is 24.0 Å². The van der Waals surface area contributed by atoms with Gasteiger partial charge in [-0.1, -0.05) is 67.8 Å². The van der Waals surface area contributed by atoms with Crippen molar-refractivity contribution in [3.05, 3.63) is 41.8 Å². The third-order valence-electron chi connectivity index (χ3n) is 5.96.